The second-order valence-corrected chi connectivity index (χ2v) is 7.35. The zero-order chi connectivity index (χ0) is 29.3. The van der Waals surface area contributed by atoms with E-state index in [9.17, 15) is 53.9 Å². The molecule has 2 aromatic rings. The molecule has 1 aromatic heterocycles. The van der Waals surface area contributed by atoms with E-state index in [4.69, 9.17) is 10.5 Å². The molecule has 0 spiro atoms. The predicted molar refractivity (Wildman–Crippen MR) is 106 cm³/mol. The Hall–Kier alpha value is -4.29. The molecule has 0 fully saturated rings. The van der Waals surface area contributed by atoms with E-state index in [2.05, 4.69) is 24.5 Å². The number of nitrogens with one attached hydrogen (secondary N) is 1. The van der Waals surface area contributed by atoms with Gasteiger partial charge in [0.25, 0.3) is 0 Å². The van der Waals surface area contributed by atoms with Crippen LogP contribution in [0, 0.1) is 0 Å². The van der Waals surface area contributed by atoms with Crippen LogP contribution < -0.4 is 30.0 Å². The van der Waals surface area contributed by atoms with Crippen LogP contribution >= 0.6 is 0 Å². The SMILES string of the molecule is Nc1cc(OC(=O)C(F)(F)F)c(OC(=O)C(F)(F)F)c(-c2ccc3c(n2)OCCNC3)c1OC(=O)C(F)(F)F. The minimum atomic E-state index is -5.82. The maximum Gasteiger partial charge on any atom is 0.491 e. The summed E-state index contributed by atoms with van der Waals surface area (Å²) in [4.78, 5) is 38.5. The lowest BCUT2D eigenvalue weighted by molar-refractivity contribution is -0.191. The number of rotatable bonds is 4. The van der Waals surface area contributed by atoms with Crippen molar-refractivity contribution < 1.29 is 72.8 Å². The highest BCUT2D eigenvalue weighted by Crippen LogP contribution is 2.49. The van der Waals surface area contributed by atoms with Gasteiger partial charge in [0.1, 0.15) is 6.61 Å². The highest BCUT2D eigenvalue weighted by Gasteiger charge is 2.46. The number of carbonyl (C=O) groups excluding carboxylic acids is 3. The molecule has 3 rings (SSSR count). The number of hydrogen-bond acceptors (Lipinski definition) is 10. The number of nitrogens with two attached hydrogens (primary N) is 1. The molecule has 3 N–H and O–H groups in total. The average Bonchev–Trinajstić information content (AvgIpc) is 3.04. The van der Waals surface area contributed by atoms with Crippen molar-refractivity contribution in [2.45, 2.75) is 25.1 Å². The van der Waals surface area contributed by atoms with Gasteiger partial charge in [-0.2, -0.15) is 39.5 Å². The summed E-state index contributed by atoms with van der Waals surface area (Å²) in [5.41, 5.74) is 2.65. The molecule has 10 nitrogen and oxygen atoms in total. The van der Waals surface area contributed by atoms with Crippen LogP contribution in [0.15, 0.2) is 18.2 Å². The summed E-state index contributed by atoms with van der Waals surface area (Å²) in [6, 6.07) is 2.16. The van der Waals surface area contributed by atoms with E-state index >= 15 is 0 Å². The van der Waals surface area contributed by atoms with E-state index in [0.29, 0.717) is 5.56 Å². The number of benzene rings is 1. The topological polar surface area (TPSA) is 139 Å². The second kappa shape index (κ2) is 10.5. The molecule has 0 unspecified atom stereocenters. The first-order valence-corrected chi connectivity index (χ1v) is 10.1. The number of ether oxygens (including phenoxy) is 4. The monoisotopic (exact) mass is 577 g/mol. The number of nitrogen functional groups attached to an aromatic ring is 1. The van der Waals surface area contributed by atoms with Crippen molar-refractivity contribution in [2.24, 2.45) is 0 Å². The largest absolute Gasteiger partial charge is 0.491 e. The molecular weight excluding hydrogens is 565 g/mol. The first-order valence-electron chi connectivity index (χ1n) is 10.1. The first-order chi connectivity index (χ1) is 17.9. The molecule has 19 heteroatoms. The second-order valence-electron chi connectivity index (χ2n) is 7.35. The molecular formula is C20H12F9N3O7. The van der Waals surface area contributed by atoms with Crippen LogP contribution in [0.1, 0.15) is 5.56 Å². The Bertz CT molecular complexity index is 1310. The van der Waals surface area contributed by atoms with Gasteiger partial charge in [0.05, 0.1) is 16.9 Å². The number of esters is 3. The summed E-state index contributed by atoms with van der Waals surface area (Å²) < 4.78 is 134. The van der Waals surface area contributed by atoms with Crippen LogP contribution in [-0.4, -0.2) is 54.6 Å². The molecule has 1 aromatic carbocycles. The predicted octanol–water partition coefficient (Wildman–Crippen LogP) is 3.22. The number of hydrogen-bond donors (Lipinski definition) is 2. The van der Waals surface area contributed by atoms with E-state index in [-0.39, 0.29) is 31.6 Å². The van der Waals surface area contributed by atoms with Crippen molar-refractivity contribution in [3.8, 4) is 34.4 Å². The van der Waals surface area contributed by atoms with Gasteiger partial charge in [0.2, 0.25) is 5.88 Å². The lowest BCUT2D eigenvalue weighted by Gasteiger charge is -2.20. The molecule has 0 amide bonds. The molecule has 0 atom stereocenters. The van der Waals surface area contributed by atoms with Gasteiger partial charge in [-0.1, -0.05) is 6.07 Å². The number of halogens is 9. The van der Waals surface area contributed by atoms with Crippen LogP contribution in [0.4, 0.5) is 45.2 Å². The zero-order valence-electron chi connectivity index (χ0n) is 18.6. The van der Waals surface area contributed by atoms with Gasteiger partial charge in [0, 0.05) is 24.7 Å². The zero-order valence-corrected chi connectivity index (χ0v) is 18.6. The Kier molecular flexibility index (Phi) is 7.85. The summed E-state index contributed by atoms with van der Waals surface area (Å²) in [7, 11) is 0. The number of carbonyl (C=O) groups is 3. The number of fused-ring (bicyclic) bond motifs is 1. The molecule has 0 aliphatic carbocycles. The van der Waals surface area contributed by atoms with Gasteiger partial charge in [0.15, 0.2) is 17.2 Å². The number of nitrogens with zero attached hydrogens (tertiary/aromatic N) is 1. The van der Waals surface area contributed by atoms with E-state index in [1.54, 1.807) is 0 Å². The van der Waals surface area contributed by atoms with E-state index in [1.165, 1.54) is 6.07 Å². The molecule has 0 radical (unpaired) electrons. The molecule has 0 saturated heterocycles. The van der Waals surface area contributed by atoms with Gasteiger partial charge in [-0.3, -0.25) is 0 Å². The van der Waals surface area contributed by atoms with Crippen LogP contribution in [0.2, 0.25) is 0 Å². The van der Waals surface area contributed by atoms with E-state index in [1.807, 2.05) is 0 Å². The Balaban J connectivity index is 2.35. The Morgan fingerprint density at radius 2 is 1.38 bits per heavy atom. The van der Waals surface area contributed by atoms with E-state index in [0.717, 1.165) is 6.07 Å². The summed E-state index contributed by atoms with van der Waals surface area (Å²) in [5, 5.41) is 2.89. The van der Waals surface area contributed by atoms with Crippen LogP contribution in [0.25, 0.3) is 11.3 Å². The molecule has 0 bridgehead atoms. The van der Waals surface area contributed by atoms with Crippen molar-refractivity contribution in [2.75, 3.05) is 18.9 Å². The van der Waals surface area contributed by atoms with Gasteiger partial charge in [-0.15, -0.1) is 0 Å². The molecule has 1 aliphatic heterocycles. The number of pyridine rings is 1. The highest BCUT2D eigenvalue weighted by atomic mass is 19.4. The number of alkyl halides is 9. The third-order valence-corrected chi connectivity index (χ3v) is 4.54. The summed E-state index contributed by atoms with van der Waals surface area (Å²) in [6.07, 6.45) is -17.3. The highest BCUT2D eigenvalue weighted by molar-refractivity contribution is 5.92. The molecule has 0 saturated carbocycles. The van der Waals surface area contributed by atoms with Crippen LogP contribution in [0.5, 0.6) is 23.1 Å². The number of aromatic nitrogens is 1. The summed E-state index contributed by atoms with van der Waals surface area (Å²) in [6.45, 7) is 0.380. The van der Waals surface area contributed by atoms with Gasteiger partial charge < -0.3 is 30.0 Å². The van der Waals surface area contributed by atoms with Gasteiger partial charge >= 0.3 is 36.4 Å². The third kappa shape index (κ3) is 6.78. The van der Waals surface area contributed by atoms with Crippen LogP contribution in [-0.2, 0) is 20.9 Å². The van der Waals surface area contributed by atoms with Crippen LogP contribution in [0.3, 0.4) is 0 Å². The van der Waals surface area contributed by atoms with Gasteiger partial charge in [-0.25, -0.2) is 19.4 Å². The lowest BCUT2D eigenvalue weighted by atomic mass is 10.0. The maximum atomic E-state index is 13.0. The van der Waals surface area contributed by atoms with Gasteiger partial charge in [-0.05, 0) is 6.07 Å². The minimum absolute atomic E-state index is 0.0271. The molecule has 1 aliphatic rings. The van der Waals surface area contributed by atoms with Crippen molar-refractivity contribution in [3.05, 3.63) is 23.8 Å². The average molecular weight is 577 g/mol. The Labute approximate surface area is 209 Å². The van der Waals surface area contributed by atoms with Crippen molar-refractivity contribution in [1.82, 2.24) is 10.3 Å². The van der Waals surface area contributed by atoms with Crippen molar-refractivity contribution in [1.29, 1.82) is 0 Å². The quantitative estimate of drug-likeness (QED) is 0.241. The fourth-order valence-electron chi connectivity index (χ4n) is 2.93. The Morgan fingerprint density at radius 1 is 0.846 bits per heavy atom. The fraction of sp³-hybridized carbons (Fsp3) is 0.300. The van der Waals surface area contributed by atoms with Crippen molar-refractivity contribution in [3.63, 3.8) is 0 Å². The first kappa shape index (κ1) is 29.3. The third-order valence-electron chi connectivity index (χ3n) is 4.54. The molecule has 212 valence electrons. The summed E-state index contributed by atoms with van der Waals surface area (Å²) in [5.74, 6) is -14.1. The Morgan fingerprint density at radius 3 is 1.95 bits per heavy atom. The normalized spacial score (nSPS) is 14.0. The minimum Gasteiger partial charge on any atom is -0.476 e. The van der Waals surface area contributed by atoms with Crippen molar-refractivity contribution >= 4 is 23.6 Å². The molecule has 2 heterocycles. The van der Waals surface area contributed by atoms with E-state index < -0.39 is 70.6 Å². The number of anilines is 1. The molecule has 39 heavy (non-hydrogen) atoms. The fourth-order valence-corrected chi connectivity index (χ4v) is 2.93. The maximum absolute atomic E-state index is 13.0. The standard InChI is InChI=1S/C20H12F9N3O7/c21-18(22,23)15(33)37-10-5-8(30)12(38-16(34)19(24,25)26)11(13(10)39-17(35)20(27,28)29)9-2-1-7-6-31-3-4-36-14(7)32-9/h1-2,5,31H,3-4,6,30H2. The lowest BCUT2D eigenvalue weighted by Crippen LogP contribution is -2.31. The smallest absolute Gasteiger partial charge is 0.476 e. The summed E-state index contributed by atoms with van der Waals surface area (Å²) >= 11 is 0.